The van der Waals surface area contributed by atoms with E-state index in [1.54, 1.807) is 18.3 Å². The van der Waals surface area contributed by atoms with Crippen molar-refractivity contribution in [1.82, 2.24) is 14.9 Å². The van der Waals surface area contributed by atoms with Crippen LogP contribution in [0.25, 0.3) is 0 Å². The lowest BCUT2D eigenvalue weighted by molar-refractivity contribution is 0.287. The van der Waals surface area contributed by atoms with Crippen molar-refractivity contribution in [3.8, 4) is 23.0 Å². The quantitative estimate of drug-likeness (QED) is 0.452. The van der Waals surface area contributed by atoms with Gasteiger partial charge in [-0.2, -0.15) is 14.9 Å². The Labute approximate surface area is 173 Å². The van der Waals surface area contributed by atoms with Crippen LogP contribution in [0.5, 0.6) is 23.0 Å². The molecule has 29 heavy (non-hydrogen) atoms. The first-order chi connectivity index (χ1) is 13.9. The van der Waals surface area contributed by atoms with Gasteiger partial charge in [0.05, 0.1) is 20.4 Å². The van der Waals surface area contributed by atoms with Gasteiger partial charge in [-0.1, -0.05) is 18.2 Å². The summed E-state index contributed by atoms with van der Waals surface area (Å²) in [6.07, 6.45) is 1.57. The van der Waals surface area contributed by atoms with Crippen molar-refractivity contribution in [2.75, 3.05) is 14.2 Å². The highest BCUT2D eigenvalue weighted by Crippen LogP contribution is 2.36. The normalized spacial score (nSPS) is 11.0. The molecule has 0 unspecified atom stereocenters. The maximum absolute atomic E-state index is 10.0. The smallest absolute Gasteiger partial charge is 0.216 e. The number of para-hydroxylation sites is 1. The van der Waals surface area contributed by atoms with Crippen LogP contribution in [0.3, 0.4) is 0 Å². The molecule has 9 heteroatoms. The largest absolute Gasteiger partial charge is 0.502 e. The molecule has 1 heterocycles. The summed E-state index contributed by atoms with van der Waals surface area (Å²) in [5.74, 6) is 1.81. The third kappa shape index (κ3) is 4.40. The van der Waals surface area contributed by atoms with Gasteiger partial charge in [0.1, 0.15) is 12.4 Å². The van der Waals surface area contributed by atoms with Gasteiger partial charge in [0, 0.05) is 5.56 Å². The Bertz CT molecular complexity index is 1060. The Hall–Kier alpha value is -3.33. The number of aromatic amines is 1. The van der Waals surface area contributed by atoms with E-state index in [-0.39, 0.29) is 23.9 Å². The van der Waals surface area contributed by atoms with Crippen molar-refractivity contribution in [1.29, 1.82) is 0 Å². The number of hydrogen-bond acceptors (Lipinski definition) is 7. The predicted octanol–water partition coefficient (Wildman–Crippen LogP) is 3.74. The summed E-state index contributed by atoms with van der Waals surface area (Å²) >= 11 is 5.27. The fourth-order valence-electron chi connectivity index (χ4n) is 2.81. The molecule has 0 radical (unpaired) electrons. The number of aromatic nitrogens is 3. The lowest BCUT2D eigenvalue weighted by Gasteiger charge is -2.11. The summed E-state index contributed by atoms with van der Waals surface area (Å²) in [5, 5.41) is 21.4. The molecule has 3 aromatic rings. The minimum atomic E-state index is -0.0743. The summed E-state index contributed by atoms with van der Waals surface area (Å²) in [6, 6.07) is 9.24. The van der Waals surface area contributed by atoms with Gasteiger partial charge in [0.15, 0.2) is 17.3 Å². The third-order valence-corrected chi connectivity index (χ3v) is 4.56. The van der Waals surface area contributed by atoms with E-state index < -0.39 is 0 Å². The number of phenols is 1. The van der Waals surface area contributed by atoms with Crippen LogP contribution in [0.2, 0.25) is 0 Å². The van der Waals surface area contributed by atoms with Crippen LogP contribution in [0.4, 0.5) is 0 Å². The minimum Gasteiger partial charge on any atom is -0.502 e. The van der Waals surface area contributed by atoms with Crippen LogP contribution >= 0.6 is 12.2 Å². The molecule has 2 aromatic carbocycles. The monoisotopic (exact) mass is 414 g/mol. The fourth-order valence-corrected chi connectivity index (χ4v) is 3.01. The van der Waals surface area contributed by atoms with Crippen LogP contribution in [0.15, 0.2) is 35.4 Å². The number of nitrogens with zero attached hydrogens (tertiary/aromatic N) is 3. The number of hydrogen-bond donors (Lipinski definition) is 2. The van der Waals surface area contributed by atoms with Gasteiger partial charge in [-0.25, -0.2) is 5.10 Å². The second-order valence-corrected chi connectivity index (χ2v) is 6.67. The summed E-state index contributed by atoms with van der Waals surface area (Å²) in [6.45, 7) is 4.17. The van der Waals surface area contributed by atoms with Gasteiger partial charge in [0.25, 0.3) is 0 Å². The zero-order chi connectivity index (χ0) is 21.0. The minimum absolute atomic E-state index is 0.0743. The van der Waals surface area contributed by atoms with Crippen molar-refractivity contribution in [3.63, 3.8) is 0 Å². The Morgan fingerprint density at radius 2 is 1.79 bits per heavy atom. The second kappa shape index (κ2) is 8.78. The van der Waals surface area contributed by atoms with Crippen LogP contribution in [-0.2, 0) is 6.61 Å². The number of nitrogens with one attached hydrogen (secondary N) is 1. The maximum Gasteiger partial charge on any atom is 0.216 e. The Morgan fingerprint density at radius 3 is 2.38 bits per heavy atom. The predicted molar refractivity (Wildman–Crippen MR) is 112 cm³/mol. The first-order valence-corrected chi connectivity index (χ1v) is 9.20. The van der Waals surface area contributed by atoms with E-state index >= 15 is 0 Å². The van der Waals surface area contributed by atoms with Gasteiger partial charge in [0.2, 0.25) is 10.5 Å². The van der Waals surface area contributed by atoms with Gasteiger partial charge < -0.3 is 19.3 Å². The molecule has 0 aliphatic rings. The summed E-state index contributed by atoms with van der Waals surface area (Å²) in [4.78, 5) is 0. The molecule has 0 bridgehead atoms. The number of benzene rings is 2. The van der Waals surface area contributed by atoms with Crippen molar-refractivity contribution < 1.29 is 19.3 Å². The SMILES string of the molecule is COc1cc(/C=N/n2c(COc3c(C)cccc3C)n[nH]c2=S)cc(OC)c1O. The molecule has 0 aliphatic heterocycles. The molecule has 0 spiro atoms. The van der Waals surface area contributed by atoms with Gasteiger partial charge in [-0.05, 0) is 49.3 Å². The van der Waals surface area contributed by atoms with Crippen molar-refractivity contribution in [2.24, 2.45) is 5.10 Å². The summed E-state index contributed by atoms with van der Waals surface area (Å²) < 4.78 is 18.1. The molecule has 0 atom stereocenters. The van der Waals surface area contributed by atoms with E-state index in [2.05, 4.69) is 15.3 Å². The lowest BCUT2D eigenvalue weighted by Crippen LogP contribution is -2.05. The van der Waals surface area contributed by atoms with E-state index in [0.717, 1.165) is 16.9 Å². The van der Waals surface area contributed by atoms with Gasteiger partial charge in [-0.15, -0.1) is 0 Å². The molecule has 0 saturated heterocycles. The van der Waals surface area contributed by atoms with E-state index in [9.17, 15) is 5.11 Å². The molecule has 152 valence electrons. The number of ether oxygens (including phenoxy) is 3. The first-order valence-electron chi connectivity index (χ1n) is 8.79. The number of H-pyrrole nitrogens is 1. The topological polar surface area (TPSA) is 93.9 Å². The fraction of sp³-hybridized carbons (Fsp3) is 0.250. The molecule has 0 amide bonds. The molecule has 0 aliphatic carbocycles. The highest BCUT2D eigenvalue weighted by atomic mass is 32.1. The Kier molecular flexibility index (Phi) is 6.18. The number of aryl methyl sites for hydroxylation is 2. The molecule has 8 nitrogen and oxygen atoms in total. The van der Waals surface area contributed by atoms with Crippen LogP contribution < -0.4 is 14.2 Å². The zero-order valence-corrected chi connectivity index (χ0v) is 17.4. The van der Waals surface area contributed by atoms with Gasteiger partial charge in [-0.3, -0.25) is 0 Å². The molecule has 1 aromatic heterocycles. The van der Waals surface area contributed by atoms with Crippen LogP contribution in [-0.4, -0.2) is 40.4 Å². The number of phenolic OH excluding ortho intramolecular Hbond substituents is 1. The lowest BCUT2D eigenvalue weighted by atomic mass is 10.1. The highest BCUT2D eigenvalue weighted by molar-refractivity contribution is 7.71. The number of aromatic hydroxyl groups is 1. The van der Waals surface area contributed by atoms with Crippen LogP contribution in [0, 0.1) is 18.6 Å². The number of methoxy groups -OCH3 is 2. The average Bonchev–Trinajstić information content (AvgIpc) is 3.06. The standard InChI is InChI=1S/C20H22N4O4S/c1-12-6-5-7-13(2)19(12)28-11-17-22-23-20(29)24(17)21-10-14-8-15(26-3)18(25)16(9-14)27-4/h5-10,25H,11H2,1-4H3,(H,23,29)/b21-10+. The van der Waals surface area contributed by atoms with E-state index in [1.807, 2.05) is 32.0 Å². The van der Waals surface area contributed by atoms with Gasteiger partial charge >= 0.3 is 0 Å². The zero-order valence-electron chi connectivity index (χ0n) is 16.6. The highest BCUT2D eigenvalue weighted by Gasteiger charge is 2.12. The molecule has 2 N–H and O–H groups in total. The Balaban J connectivity index is 1.86. The van der Waals surface area contributed by atoms with E-state index in [0.29, 0.717) is 16.2 Å². The second-order valence-electron chi connectivity index (χ2n) is 6.28. The number of rotatable bonds is 7. The molecular weight excluding hydrogens is 392 g/mol. The molecule has 0 fully saturated rings. The van der Waals surface area contributed by atoms with E-state index in [1.165, 1.54) is 18.9 Å². The summed E-state index contributed by atoms with van der Waals surface area (Å²) in [7, 11) is 2.93. The Morgan fingerprint density at radius 1 is 1.17 bits per heavy atom. The van der Waals surface area contributed by atoms with E-state index in [4.69, 9.17) is 26.4 Å². The van der Waals surface area contributed by atoms with Crippen molar-refractivity contribution >= 4 is 18.4 Å². The van der Waals surface area contributed by atoms with Crippen molar-refractivity contribution in [2.45, 2.75) is 20.5 Å². The van der Waals surface area contributed by atoms with Crippen LogP contribution in [0.1, 0.15) is 22.5 Å². The van der Waals surface area contributed by atoms with Crippen molar-refractivity contribution in [3.05, 3.63) is 57.6 Å². The first kappa shape index (κ1) is 20.4. The molecule has 3 rings (SSSR count). The molecule has 0 saturated carbocycles. The summed E-state index contributed by atoms with van der Waals surface area (Å²) in [5.41, 5.74) is 2.73. The third-order valence-electron chi connectivity index (χ3n) is 4.30. The maximum atomic E-state index is 10.0. The average molecular weight is 414 g/mol. The molecular formula is C20H22N4O4S.